The predicted octanol–water partition coefficient (Wildman–Crippen LogP) is 5.33. The quantitative estimate of drug-likeness (QED) is 0.488. The van der Waals surface area contributed by atoms with Crippen molar-refractivity contribution in [3.8, 4) is 23.0 Å². The third-order valence-corrected chi connectivity index (χ3v) is 6.53. The zero-order valence-corrected chi connectivity index (χ0v) is 20.3. The summed E-state index contributed by atoms with van der Waals surface area (Å²) < 4.78 is 5.52. The number of rotatable bonds is 6. The predicted molar refractivity (Wildman–Crippen MR) is 140 cm³/mol. The molecule has 1 atom stereocenters. The average molecular weight is 479 g/mol. The maximum Gasteiger partial charge on any atom is 0.411 e. The summed E-state index contributed by atoms with van der Waals surface area (Å²) in [6.07, 6.45) is 4.07. The number of hydrogen-bond acceptors (Lipinski definition) is 3. The summed E-state index contributed by atoms with van der Waals surface area (Å²) in [4.78, 5) is 26.4. The van der Waals surface area contributed by atoms with Gasteiger partial charge >= 0.3 is 6.09 Å². The highest BCUT2D eigenvalue weighted by atomic mass is 16.6. The van der Waals surface area contributed by atoms with Crippen LogP contribution in [0.25, 0.3) is 11.1 Å². The number of benzene rings is 3. The van der Waals surface area contributed by atoms with Crippen LogP contribution >= 0.6 is 0 Å². The fraction of sp³-hybridized carbons (Fsp3) is 0.290. The summed E-state index contributed by atoms with van der Waals surface area (Å²) in [6, 6.07) is 26.2. The van der Waals surface area contributed by atoms with Crippen LogP contribution in [-0.4, -0.2) is 35.5 Å². The minimum Gasteiger partial charge on any atom is -0.445 e. The van der Waals surface area contributed by atoms with Gasteiger partial charge in [-0.15, -0.1) is 0 Å². The zero-order valence-electron chi connectivity index (χ0n) is 20.3. The molecule has 1 aliphatic heterocycles. The number of nitrogens with zero attached hydrogens (tertiary/aromatic N) is 1. The molecule has 1 unspecified atom stereocenters. The zero-order chi connectivity index (χ0) is 24.7. The maximum absolute atomic E-state index is 12.6. The van der Waals surface area contributed by atoms with Gasteiger partial charge in [0.1, 0.15) is 6.61 Å². The molecular formula is C31H30N2O3. The molecule has 0 bridgehead atoms. The Hall–Kier alpha value is -4.04. The van der Waals surface area contributed by atoms with Crippen LogP contribution in [0.4, 0.5) is 4.79 Å². The molecule has 1 heterocycles. The summed E-state index contributed by atoms with van der Waals surface area (Å²) in [5.74, 6) is 6.64. The molecule has 5 heteroatoms. The number of carbonyl (C=O) groups excluding carboxylic acids is 2. The van der Waals surface area contributed by atoms with Crippen molar-refractivity contribution in [2.75, 3.05) is 6.54 Å². The van der Waals surface area contributed by atoms with E-state index in [0.29, 0.717) is 19.0 Å². The topological polar surface area (TPSA) is 58.6 Å². The number of amides is 2. The molecule has 5 rings (SSSR count). The van der Waals surface area contributed by atoms with Gasteiger partial charge in [0, 0.05) is 18.2 Å². The molecular weight excluding hydrogens is 448 g/mol. The van der Waals surface area contributed by atoms with E-state index < -0.39 is 0 Å². The van der Waals surface area contributed by atoms with Crippen LogP contribution in [0.5, 0.6) is 0 Å². The number of likely N-dealkylation sites (tertiary alicyclic amines) is 1. The molecule has 1 saturated carbocycles. The van der Waals surface area contributed by atoms with Crippen molar-refractivity contribution in [3.05, 3.63) is 95.6 Å². The Morgan fingerprint density at radius 3 is 2.47 bits per heavy atom. The van der Waals surface area contributed by atoms with Crippen molar-refractivity contribution >= 4 is 12.0 Å². The molecule has 0 spiro atoms. The summed E-state index contributed by atoms with van der Waals surface area (Å²) >= 11 is 0. The lowest BCUT2D eigenvalue weighted by molar-refractivity contribution is -0.120. The first-order valence-electron chi connectivity index (χ1n) is 12.6. The van der Waals surface area contributed by atoms with Gasteiger partial charge in [-0.3, -0.25) is 9.69 Å². The van der Waals surface area contributed by atoms with E-state index in [4.69, 9.17) is 4.74 Å². The smallest absolute Gasteiger partial charge is 0.411 e. The molecule has 5 nitrogen and oxygen atoms in total. The molecule has 1 N–H and O–H groups in total. The van der Waals surface area contributed by atoms with Crippen LogP contribution in [0.2, 0.25) is 0 Å². The third kappa shape index (κ3) is 6.34. The van der Waals surface area contributed by atoms with Crippen molar-refractivity contribution in [2.45, 2.75) is 50.8 Å². The summed E-state index contributed by atoms with van der Waals surface area (Å²) in [6.45, 7) is 0.931. The number of nitrogens with one attached hydrogen (secondary N) is 1. The Bertz CT molecular complexity index is 1270. The third-order valence-electron chi connectivity index (χ3n) is 6.53. The van der Waals surface area contributed by atoms with Gasteiger partial charge in [-0.25, -0.2) is 4.79 Å². The minimum absolute atomic E-state index is 0.0902. The highest BCUT2D eigenvalue weighted by Crippen LogP contribution is 2.23. The fourth-order valence-corrected chi connectivity index (χ4v) is 4.39. The van der Waals surface area contributed by atoms with Crippen molar-refractivity contribution in [2.24, 2.45) is 0 Å². The minimum atomic E-state index is -0.310. The van der Waals surface area contributed by atoms with Crippen LogP contribution in [0.15, 0.2) is 78.9 Å². The Balaban J connectivity index is 1.20. The normalized spacial score (nSPS) is 16.7. The van der Waals surface area contributed by atoms with Crippen molar-refractivity contribution in [3.63, 3.8) is 0 Å². The van der Waals surface area contributed by atoms with Crippen molar-refractivity contribution in [1.29, 1.82) is 0 Å². The van der Waals surface area contributed by atoms with Crippen LogP contribution in [0.3, 0.4) is 0 Å². The lowest BCUT2D eigenvalue weighted by Crippen LogP contribution is -2.35. The Labute approximate surface area is 212 Å². The fourth-order valence-electron chi connectivity index (χ4n) is 4.39. The maximum atomic E-state index is 12.6. The van der Waals surface area contributed by atoms with Crippen LogP contribution < -0.4 is 5.32 Å². The van der Waals surface area contributed by atoms with Crippen LogP contribution in [0.1, 0.15) is 42.4 Å². The van der Waals surface area contributed by atoms with Crippen LogP contribution in [0, 0.1) is 11.8 Å². The SMILES string of the molecule is O=C(Cc1ccc(-c2cccc(C#CC3CCCN3C(=O)OCc3ccccc3)c2)cc1)NC1CC1. The molecule has 3 aromatic rings. The highest BCUT2D eigenvalue weighted by molar-refractivity contribution is 5.79. The standard InChI is InChI=1S/C31H30N2O3/c34-30(32-28-16-17-28)21-24-11-14-26(15-12-24)27-9-4-8-23(20-27)13-18-29-10-5-19-33(29)31(35)36-22-25-6-2-1-3-7-25/h1-4,6-9,11-12,14-15,20,28-29H,5,10,16-17,19,21-22H2,(H,32,34). The van der Waals surface area contributed by atoms with E-state index >= 15 is 0 Å². The molecule has 2 amide bonds. The second-order valence-electron chi connectivity index (χ2n) is 9.46. The summed E-state index contributed by atoms with van der Waals surface area (Å²) in [7, 11) is 0. The molecule has 0 radical (unpaired) electrons. The molecule has 36 heavy (non-hydrogen) atoms. The molecule has 182 valence electrons. The van der Waals surface area contributed by atoms with Gasteiger partial charge in [0.25, 0.3) is 0 Å². The number of carbonyl (C=O) groups is 2. The monoisotopic (exact) mass is 478 g/mol. The van der Waals surface area contributed by atoms with Gasteiger partial charge in [-0.05, 0) is 60.1 Å². The van der Waals surface area contributed by atoms with E-state index in [9.17, 15) is 9.59 Å². The van der Waals surface area contributed by atoms with E-state index in [-0.39, 0.29) is 24.6 Å². The Morgan fingerprint density at radius 2 is 1.69 bits per heavy atom. The van der Waals surface area contributed by atoms with E-state index in [2.05, 4.69) is 29.3 Å². The van der Waals surface area contributed by atoms with Crippen molar-refractivity contribution in [1.82, 2.24) is 10.2 Å². The Morgan fingerprint density at radius 1 is 0.889 bits per heavy atom. The van der Waals surface area contributed by atoms with E-state index in [1.807, 2.05) is 66.7 Å². The number of hydrogen-bond donors (Lipinski definition) is 1. The molecule has 1 saturated heterocycles. The molecule has 2 fully saturated rings. The van der Waals surface area contributed by atoms with Crippen LogP contribution in [-0.2, 0) is 22.6 Å². The molecule has 3 aromatic carbocycles. The second kappa shape index (κ2) is 11.1. The molecule has 1 aliphatic carbocycles. The highest BCUT2D eigenvalue weighted by Gasteiger charge is 2.28. The van der Waals surface area contributed by atoms with Gasteiger partial charge in [-0.1, -0.05) is 78.6 Å². The number of ether oxygens (including phenoxy) is 1. The van der Waals surface area contributed by atoms with E-state index in [1.165, 1.54) is 0 Å². The van der Waals surface area contributed by atoms with Gasteiger partial charge in [0.15, 0.2) is 0 Å². The largest absolute Gasteiger partial charge is 0.445 e. The van der Waals surface area contributed by atoms with Crippen molar-refractivity contribution < 1.29 is 14.3 Å². The first kappa shape index (κ1) is 23.7. The second-order valence-corrected chi connectivity index (χ2v) is 9.46. The first-order valence-corrected chi connectivity index (χ1v) is 12.6. The van der Waals surface area contributed by atoms with E-state index in [0.717, 1.165) is 53.5 Å². The van der Waals surface area contributed by atoms with Gasteiger partial charge in [0.05, 0.1) is 12.5 Å². The first-order chi connectivity index (χ1) is 17.6. The molecule has 0 aromatic heterocycles. The Kier molecular flexibility index (Phi) is 7.33. The van der Waals surface area contributed by atoms with Gasteiger partial charge in [-0.2, -0.15) is 0 Å². The lowest BCUT2D eigenvalue weighted by atomic mass is 10.0. The lowest BCUT2D eigenvalue weighted by Gasteiger charge is -2.20. The van der Waals surface area contributed by atoms with Gasteiger partial charge < -0.3 is 10.1 Å². The molecule has 2 aliphatic rings. The van der Waals surface area contributed by atoms with Gasteiger partial charge in [0.2, 0.25) is 5.91 Å². The summed E-state index contributed by atoms with van der Waals surface area (Å²) in [5, 5.41) is 3.03. The average Bonchev–Trinajstić information content (AvgIpc) is 3.59. The van der Waals surface area contributed by atoms with E-state index in [1.54, 1.807) is 4.90 Å². The summed E-state index contributed by atoms with van der Waals surface area (Å²) in [5.41, 5.74) is 5.04.